The number of nitrogens with one attached hydrogen (secondary N) is 1. The Hall–Kier alpha value is -1.47. The summed E-state index contributed by atoms with van der Waals surface area (Å²) in [4.78, 5) is 29.1. The third kappa shape index (κ3) is 6.01. The molecular weight excluding hydrogens is 380 g/mol. The Morgan fingerprint density at radius 2 is 2.11 bits per heavy atom. The number of nitrogens with zero attached hydrogens (tertiary/aromatic N) is 1. The van der Waals surface area contributed by atoms with Crippen LogP contribution >= 0.6 is 23.5 Å². The highest BCUT2D eigenvalue weighted by Crippen LogP contribution is 2.27. The molecule has 1 amide bonds. The van der Waals surface area contributed by atoms with Crippen molar-refractivity contribution >= 4 is 39.8 Å². The topological polar surface area (TPSA) is 67.8 Å². The summed E-state index contributed by atoms with van der Waals surface area (Å²) in [5.41, 5.74) is 1.43. The number of hydrogen-bond donors (Lipinski definition) is 1. The predicted molar refractivity (Wildman–Crippen MR) is 112 cm³/mol. The van der Waals surface area contributed by atoms with E-state index in [2.05, 4.69) is 17.2 Å². The first-order chi connectivity index (χ1) is 13.1. The molecule has 1 aliphatic heterocycles. The van der Waals surface area contributed by atoms with Crippen molar-refractivity contribution in [3.8, 4) is 0 Å². The zero-order chi connectivity index (χ0) is 19.1. The largest absolute Gasteiger partial charge is 0.452 e. The minimum absolute atomic E-state index is 0.193. The SMILES string of the molecule is C[C@@H]1CCCC[C@H]1NC(=O)COC(=O)c1ccccc1CSC1=NCCS1. The van der Waals surface area contributed by atoms with Gasteiger partial charge in [-0.3, -0.25) is 9.79 Å². The number of thioether (sulfide) groups is 2. The van der Waals surface area contributed by atoms with Gasteiger partial charge in [0, 0.05) is 17.5 Å². The van der Waals surface area contributed by atoms with E-state index in [9.17, 15) is 9.59 Å². The van der Waals surface area contributed by atoms with Gasteiger partial charge >= 0.3 is 5.97 Å². The molecule has 1 aliphatic carbocycles. The van der Waals surface area contributed by atoms with Gasteiger partial charge in [0.25, 0.3) is 5.91 Å². The molecule has 0 unspecified atom stereocenters. The Labute approximate surface area is 169 Å². The molecule has 2 atom stereocenters. The number of benzene rings is 1. The molecule has 1 N–H and O–H groups in total. The minimum atomic E-state index is -0.445. The fourth-order valence-electron chi connectivity index (χ4n) is 3.38. The smallest absolute Gasteiger partial charge is 0.338 e. The van der Waals surface area contributed by atoms with Crippen LogP contribution in [0.2, 0.25) is 0 Å². The molecule has 7 heteroatoms. The Morgan fingerprint density at radius 1 is 1.30 bits per heavy atom. The van der Waals surface area contributed by atoms with Gasteiger partial charge in [-0.2, -0.15) is 0 Å². The average molecular weight is 407 g/mol. The molecular formula is C20H26N2O3S2. The quantitative estimate of drug-likeness (QED) is 0.726. The van der Waals surface area contributed by atoms with E-state index in [1.54, 1.807) is 29.6 Å². The highest BCUT2D eigenvalue weighted by Gasteiger charge is 2.23. The molecule has 2 aliphatic rings. The maximum atomic E-state index is 12.5. The summed E-state index contributed by atoms with van der Waals surface area (Å²) in [5, 5.41) is 3.01. The zero-order valence-electron chi connectivity index (χ0n) is 15.6. The van der Waals surface area contributed by atoms with Crippen molar-refractivity contribution in [1.82, 2.24) is 5.32 Å². The standard InChI is InChI=1S/C20H26N2O3S2/c1-14-6-2-5-9-17(14)22-18(23)12-25-19(24)16-8-4-3-7-15(16)13-27-20-21-10-11-26-20/h3-4,7-8,14,17H,2,5-6,9-13H2,1H3,(H,22,23)/t14-,17-/m1/s1. The van der Waals surface area contributed by atoms with Crippen LogP contribution in [-0.4, -0.2) is 41.2 Å². The molecule has 146 valence electrons. The van der Waals surface area contributed by atoms with Gasteiger partial charge in [0.15, 0.2) is 6.61 Å². The number of carbonyl (C=O) groups excluding carboxylic acids is 2. The lowest BCUT2D eigenvalue weighted by atomic mass is 9.86. The third-order valence-corrected chi connectivity index (χ3v) is 7.24. The van der Waals surface area contributed by atoms with E-state index >= 15 is 0 Å². The second-order valence-electron chi connectivity index (χ2n) is 6.95. The fraction of sp³-hybridized carbons (Fsp3) is 0.550. The second-order valence-corrected chi connectivity index (χ2v) is 9.26. The van der Waals surface area contributed by atoms with E-state index in [0.29, 0.717) is 17.2 Å². The van der Waals surface area contributed by atoms with Crippen LogP contribution in [0.3, 0.4) is 0 Å². The lowest BCUT2D eigenvalue weighted by Gasteiger charge is -2.29. The summed E-state index contributed by atoms with van der Waals surface area (Å²) in [7, 11) is 0. The molecule has 1 aromatic rings. The first kappa shape index (κ1) is 20.3. The predicted octanol–water partition coefficient (Wildman–Crippen LogP) is 3.87. The number of esters is 1. The van der Waals surface area contributed by atoms with Gasteiger partial charge < -0.3 is 10.1 Å². The first-order valence-electron chi connectivity index (χ1n) is 9.48. The van der Waals surface area contributed by atoms with Gasteiger partial charge in [-0.1, -0.05) is 61.5 Å². The number of carbonyl (C=O) groups is 2. The van der Waals surface area contributed by atoms with E-state index in [1.165, 1.54) is 6.42 Å². The van der Waals surface area contributed by atoms with E-state index in [4.69, 9.17) is 4.74 Å². The van der Waals surface area contributed by atoms with E-state index in [1.807, 2.05) is 18.2 Å². The van der Waals surface area contributed by atoms with Gasteiger partial charge in [0.05, 0.1) is 12.1 Å². The van der Waals surface area contributed by atoms with Crippen molar-refractivity contribution in [3.05, 3.63) is 35.4 Å². The Morgan fingerprint density at radius 3 is 2.89 bits per heavy atom. The molecule has 0 bridgehead atoms. The Bertz CT molecular complexity index is 708. The molecule has 1 saturated carbocycles. The highest BCUT2D eigenvalue weighted by molar-refractivity contribution is 8.38. The molecule has 0 aromatic heterocycles. The Balaban J connectivity index is 1.50. The summed E-state index contributed by atoms with van der Waals surface area (Å²) in [6.45, 7) is 2.80. The number of hydrogen-bond acceptors (Lipinski definition) is 6. The van der Waals surface area contributed by atoms with E-state index in [0.717, 1.165) is 41.5 Å². The number of ether oxygens (including phenoxy) is 1. The lowest BCUT2D eigenvalue weighted by molar-refractivity contribution is -0.125. The van der Waals surface area contributed by atoms with Crippen molar-refractivity contribution in [2.75, 3.05) is 18.9 Å². The molecule has 1 aromatic carbocycles. The molecule has 0 radical (unpaired) electrons. The first-order valence-corrected chi connectivity index (χ1v) is 11.4. The zero-order valence-corrected chi connectivity index (χ0v) is 17.2. The maximum absolute atomic E-state index is 12.5. The van der Waals surface area contributed by atoms with Gasteiger partial charge in [-0.15, -0.1) is 0 Å². The van der Waals surface area contributed by atoms with Crippen LogP contribution in [0.5, 0.6) is 0 Å². The van der Waals surface area contributed by atoms with Gasteiger partial charge in [-0.05, 0) is 30.4 Å². The highest BCUT2D eigenvalue weighted by atomic mass is 32.2. The van der Waals surface area contributed by atoms with Crippen LogP contribution in [0.4, 0.5) is 0 Å². The summed E-state index contributed by atoms with van der Waals surface area (Å²) >= 11 is 3.39. The van der Waals surface area contributed by atoms with Gasteiger partial charge in [0.2, 0.25) is 0 Å². The second kappa shape index (κ2) is 10.2. The van der Waals surface area contributed by atoms with Crippen LogP contribution < -0.4 is 5.32 Å². The molecule has 27 heavy (non-hydrogen) atoms. The van der Waals surface area contributed by atoms with Crippen LogP contribution in [0.25, 0.3) is 0 Å². The van der Waals surface area contributed by atoms with Crippen molar-refractivity contribution in [2.45, 2.75) is 44.4 Å². The monoisotopic (exact) mass is 406 g/mol. The molecule has 1 heterocycles. The molecule has 0 saturated heterocycles. The van der Waals surface area contributed by atoms with Crippen molar-refractivity contribution in [2.24, 2.45) is 10.9 Å². The normalized spacial score (nSPS) is 22.2. The number of aliphatic imine (C=N–C) groups is 1. The van der Waals surface area contributed by atoms with E-state index in [-0.39, 0.29) is 18.6 Å². The maximum Gasteiger partial charge on any atom is 0.338 e. The van der Waals surface area contributed by atoms with Gasteiger partial charge in [0.1, 0.15) is 4.38 Å². The fourth-order valence-corrected chi connectivity index (χ4v) is 5.39. The Kier molecular flexibility index (Phi) is 7.64. The summed E-state index contributed by atoms with van der Waals surface area (Å²) in [5.74, 6) is 1.51. The lowest BCUT2D eigenvalue weighted by Crippen LogP contribution is -2.42. The molecule has 3 rings (SSSR count). The average Bonchev–Trinajstić information content (AvgIpc) is 3.20. The molecule has 1 fully saturated rings. The molecule has 0 spiro atoms. The van der Waals surface area contributed by atoms with Gasteiger partial charge in [-0.25, -0.2) is 4.79 Å². The van der Waals surface area contributed by atoms with E-state index < -0.39 is 5.97 Å². The van der Waals surface area contributed by atoms with Crippen molar-refractivity contribution in [1.29, 1.82) is 0 Å². The number of amides is 1. The summed E-state index contributed by atoms with van der Waals surface area (Å²) in [6, 6.07) is 7.60. The van der Waals surface area contributed by atoms with Crippen molar-refractivity contribution < 1.29 is 14.3 Å². The number of rotatable bonds is 6. The van der Waals surface area contributed by atoms with Crippen LogP contribution in [0.1, 0.15) is 48.5 Å². The third-order valence-electron chi connectivity index (χ3n) is 4.94. The molecule has 5 nitrogen and oxygen atoms in total. The van der Waals surface area contributed by atoms with Crippen molar-refractivity contribution in [3.63, 3.8) is 0 Å². The van der Waals surface area contributed by atoms with Crippen LogP contribution in [0, 0.1) is 5.92 Å². The van der Waals surface area contributed by atoms with Crippen LogP contribution in [-0.2, 0) is 15.3 Å². The minimum Gasteiger partial charge on any atom is -0.452 e. The van der Waals surface area contributed by atoms with Crippen LogP contribution in [0.15, 0.2) is 29.3 Å². The summed E-state index contributed by atoms with van der Waals surface area (Å²) in [6.07, 6.45) is 4.51. The summed E-state index contributed by atoms with van der Waals surface area (Å²) < 4.78 is 6.35.